The van der Waals surface area contributed by atoms with Crippen LogP contribution in [-0.2, 0) is 25.9 Å². The molecule has 2 aromatic carbocycles. The number of hydrogen-bond acceptors (Lipinski definition) is 8. The number of fused-ring (bicyclic) bond motifs is 4. The van der Waals surface area contributed by atoms with Crippen LogP contribution in [-0.4, -0.2) is 74.2 Å². The topological polar surface area (TPSA) is 128 Å². The molecular formula is C40H36F2N10O2. The smallest absolute Gasteiger partial charge is 0.293 e. The van der Waals surface area contributed by atoms with Crippen LogP contribution in [0.4, 0.5) is 8.78 Å². The van der Waals surface area contributed by atoms with Gasteiger partial charge in [0.05, 0.1) is 36.6 Å². The third-order valence-corrected chi connectivity index (χ3v) is 10.6. The van der Waals surface area contributed by atoms with E-state index >= 15 is 0 Å². The minimum atomic E-state index is -1.21. The van der Waals surface area contributed by atoms with Crippen LogP contribution in [0.15, 0.2) is 97.3 Å². The van der Waals surface area contributed by atoms with Crippen molar-refractivity contribution in [3.05, 3.63) is 154 Å². The Kier molecular flexibility index (Phi) is 8.72. The molecule has 0 aliphatic carbocycles. The number of aromatic nitrogens is 8. The van der Waals surface area contributed by atoms with Gasteiger partial charge in [-0.25, -0.2) is 28.1 Å². The first-order chi connectivity index (χ1) is 26.4. The number of carbonyl (C=O) groups is 2. The lowest BCUT2D eigenvalue weighted by Crippen LogP contribution is -2.37. The van der Waals surface area contributed by atoms with Gasteiger partial charge in [-0.1, -0.05) is 72.8 Å². The number of pyridine rings is 2. The number of carbonyl (C=O) groups excluding carboxylic acids is 2. The second kappa shape index (κ2) is 14.0. The lowest BCUT2D eigenvalue weighted by Gasteiger charge is -2.27. The predicted molar refractivity (Wildman–Crippen MR) is 192 cm³/mol. The molecule has 12 nitrogen and oxygen atoms in total. The molecule has 0 fully saturated rings. The lowest BCUT2D eigenvalue weighted by molar-refractivity contribution is 0.0711. The zero-order valence-electron chi connectivity index (χ0n) is 29.2. The molecule has 0 bridgehead atoms. The Labute approximate surface area is 309 Å². The first kappa shape index (κ1) is 33.6. The fourth-order valence-electron chi connectivity index (χ4n) is 7.79. The van der Waals surface area contributed by atoms with Gasteiger partial charge in [-0.2, -0.15) is 0 Å². The zero-order chi connectivity index (χ0) is 36.8. The highest BCUT2D eigenvalue weighted by molar-refractivity contribution is 5.91. The standard InChI is InChI=1S/2C20H18FN5O/c2*21-15-11-17(14-5-2-1-3-6-14)26-19(15)23-18(24-26)20(27)25-10-8-13-7-4-9-22-16(13)12-25/h2*1-7,9,15,17H,8,10-12H2. The molecule has 2 amide bonds. The molecule has 6 aromatic rings. The van der Waals surface area contributed by atoms with Gasteiger partial charge in [0.15, 0.2) is 24.0 Å². The van der Waals surface area contributed by atoms with E-state index in [0.717, 1.165) is 46.5 Å². The number of nitrogens with zero attached hydrogens (tertiary/aromatic N) is 10. The van der Waals surface area contributed by atoms with Gasteiger partial charge in [-0.3, -0.25) is 19.6 Å². The monoisotopic (exact) mass is 726 g/mol. The zero-order valence-corrected chi connectivity index (χ0v) is 29.2. The van der Waals surface area contributed by atoms with Crippen LogP contribution in [0.25, 0.3) is 0 Å². The van der Waals surface area contributed by atoms with Crippen LogP contribution in [0, 0.1) is 0 Å². The quantitative estimate of drug-likeness (QED) is 0.225. The highest BCUT2D eigenvalue weighted by Gasteiger charge is 2.39. The fraction of sp³-hybridized carbons (Fsp3) is 0.300. The van der Waals surface area contributed by atoms with Crippen molar-refractivity contribution in [1.82, 2.24) is 49.3 Å². The first-order valence-corrected chi connectivity index (χ1v) is 18.2. The van der Waals surface area contributed by atoms with Gasteiger partial charge >= 0.3 is 0 Å². The summed E-state index contributed by atoms with van der Waals surface area (Å²) in [5.41, 5.74) is 6.06. The molecule has 0 saturated carbocycles. The average molecular weight is 727 g/mol. The molecule has 4 atom stereocenters. The molecule has 14 heteroatoms. The summed E-state index contributed by atoms with van der Waals surface area (Å²) in [5, 5.41) is 8.77. The Morgan fingerprint density at radius 2 is 1.00 bits per heavy atom. The molecule has 10 rings (SSSR count). The van der Waals surface area contributed by atoms with E-state index in [1.165, 1.54) is 0 Å². The van der Waals surface area contributed by atoms with Crippen molar-refractivity contribution in [3.63, 3.8) is 0 Å². The Morgan fingerprint density at radius 3 is 1.43 bits per heavy atom. The third kappa shape index (κ3) is 6.20. The van der Waals surface area contributed by atoms with E-state index in [-0.39, 0.29) is 47.2 Å². The summed E-state index contributed by atoms with van der Waals surface area (Å²) in [6.45, 7) is 2.03. The van der Waals surface area contributed by atoms with Gasteiger partial charge in [0.25, 0.3) is 11.8 Å². The molecule has 0 saturated heterocycles. The van der Waals surface area contributed by atoms with Crippen molar-refractivity contribution in [2.75, 3.05) is 13.1 Å². The Morgan fingerprint density at radius 1 is 0.574 bits per heavy atom. The minimum absolute atomic E-state index is 0.0627. The SMILES string of the molecule is O=C(c1nc2n(n1)C(c1ccccc1)CC2F)N1CCc2cccnc2C1.O=C(c1nc2n(n1)C(c1ccccc1)CC2F)N1CCc2cccnc2C1. The Hall–Kier alpha value is -6.18. The summed E-state index contributed by atoms with van der Waals surface area (Å²) < 4.78 is 32.2. The number of hydrogen-bond donors (Lipinski definition) is 0. The van der Waals surface area contributed by atoms with Crippen LogP contribution >= 0.6 is 0 Å². The van der Waals surface area contributed by atoms with E-state index in [1.807, 2.05) is 84.9 Å². The van der Waals surface area contributed by atoms with Crippen molar-refractivity contribution in [3.8, 4) is 0 Å². The molecule has 4 aliphatic rings. The molecule has 0 N–H and O–H groups in total. The van der Waals surface area contributed by atoms with Crippen LogP contribution in [0.3, 0.4) is 0 Å². The van der Waals surface area contributed by atoms with Crippen LogP contribution in [0.2, 0.25) is 0 Å². The fourth-order valence-corrected chi connectivity index (χ4v) is 7.79. The van der Waals surface area contributed by atoms with Gasteiger partial charge in [0.1, 0.15) is 0 Å². The maximum Gasteiger partial charge on any atom is 0.293 e. The molecule has 0 radical (unpaired) electrons. The van der Waals surface area contributed by atoms with E-state index in [4.69, 9.17) is 0 Å². The van der Waals surface area contributed by atoms with Crippen LogP contribution < -0.4 is 0 Å². The minimum Gasteiger partial charge on any atom is -0.330 e. The van der Waals surface area contributed by atoms with Gasteiger partial charge in [0, 0.05) is 38.3 Å². The second-order valence-corrected chi connectivity index (χ2v) is 13.9. The molecule has 54 heavy (non-hydrogen) atoms. The molecule has 0 spiro atoms. The van der Waals surface area contributed by atoms with Crippen molar-refractivity contribution in [2.45, 2.75) is 63.2 Å². The highest BCUT2D eigenvalue weighted by atomic mass is 19.1. The molecule has 8 heterocycles. The van der Waals surface area contributed by atoms with Crippen molar-refractivity contribution in [2.24, 2.45) is 0 Å². The summed E-state index contributed by atoms with van der Waals surface area (Å²) >= 11 is 0. The number of amides is 2. The molecule has 272 valence electrons. The normalized spacial score (nSPS) is 21.0. The number of halogens is 2. The average Bonchev–Trinajstić information content (AvgIpc) is 4.00. The predicted octanol–water partition coefficient (Wildman–Crippen LogP) is 5.75. The largest absolute Gasteiger partial charge is 0.330 e. The van der Waals surface area contributed by atoms with Crippen LogP contribution in [0.1, 0.15) is 104 Å². The van der Waals surface area contributed by atoms with Gasteiger partial charge in [-0.15, -0.1) is 10.2 Å². The number of benzene rings is 2. The van der Waals surface area contributed by atoms with E-state index < -0.39 is 12.3 Å². The molecular weight excluding hydrogens is 691 g/mol. The van der Waals surface area contributed by atoms with Crippen molar-refractivity contribution >= 4 is 11.8 Å². The third-order valence-electron chi connectivity index (χ3n) is 10.6. The van der Waals surface area contributed by atoms with Gasteiger partial charge in [-0.05, 0) is 47.2 Å². The van der Waals surface area contributed by atoms with E-state index in [0.29, 0.717) is 39.0 Å². The molecule has 4 aromatic heterocycles. The summed E-state index contributed by atoms with van der Waals surface area (Å²) in [5.74, 6) is 0.0604. The Bertz CT molecular complexity index is 2170. The second-order valence-electron chi connectivity index (χ2n) is 13.9. The summed E-state index contributed by atoms with van der Waals surface area (Å²) in [6.07, 6.45) is 3.13. The Balaban J connectivity index is 0.000000142. The van der Waals surface area contributed by atoms with E-state index in [2.05, 4.69) is 30.1 Å². The van der Waals surface area contributed by atoms with E-state index in [9.17, 15) is 18.4 Å². The highest BCUT2D eigenvalue weighted by Crippen LogP contribution is 2.40. The van der Waals surface area contributed by atoms with Crippen molar-refractivity contribution in [1.29, 1.82) is 0 Å². The van der Waals surface area contributed by atoms with Crippen molar-refractivity contribution < 1.29 is 18.4 Å². The van der Waals surface area contributed by atoms with Gasteiger partial charge in [0.2, 0.25) is 11.6 Å². The van der Waals surface area contributed by atoms with Gasteiger partial charge < -0.3 is 9.80 Å². The first-order valence-electron chi connectivity index (χ1n) is 18.2. The summed E-state index contributed by atoms with van der Waals surface area (Å²) in [4.78, 5) is 46.4. The number of rotatable bonds is 4. The lowest BCUT2D eigenvalue weighted by atomic mass is 10.0. The maximum absolute atomic E-state index is 14.5. The maximum atomic E-state index is 14.5. The van der Waals surface area contributed by atoms with E-state index in [1.54, 1.807) is 31.6 Å². The molecule has 4 unspecified atom stereocenters. The summed E-state index contributed by atoms with van der Waals surface area (Å²) in [7, 11) is 0. The number of alkyl halides is 2. The van der Waals surface area contributed by atoms with Crippen LogP contribution in [0.5, 0.6) is 0 Å². The summed E-state index contributed by atoms with van der Waals surface area (Å²) in [6, 6.07) is 26.7. The molecule has 4 aliphatic heterocycles.